The molecule has 6 heteroatoms. The number of aliphatic hydroxyl groups is 1. The van der Waals surface area contributed by atoms with Gasteiger partial charge in [0.2, 0.25) is 0 Å². The molecule has 1 aromatic heterocycles. The summed E-state index contributed by atoms with van der Waals surface area (Å²) in [5.74, 6) is -0.704. The Morgan fingerprint density at radius 2 is 1.76 bits per heavy atom. The molecule has 5 nitrogen and oxygen atoms in total. The van der Waals surface area contributed by atoms with E-state index in [0.717, 1.165) is 5.69 Å². The van der Waals surface area contributed by atoms with Crippen LogP contribution in [0.1, 0.15) is 15.9 Å². The molecule has 0 aliphatic heterocycles. The molecule has 144 valence electrons. The number of halogens is 1. The number of para-hydroxylation sites is 1. The van der Waals surface area contributed by atoms with Gasteiger partial charge >= 0.3 is 0 Å². The van der Waals surface area contributed by atoms with Crippen molar-refractivity contribution < 1.29 is 14.3 Å². The minimum atomic E-state index is -0.358. The monoisotopic (exact) mass is 387 g/mol. The average Bonchev–Trinajstić information content (AvgIpc) is 3.21. The normalized spacial score (nSPS) is 10.7. The van der Waals surface area contributed by atoms with Crippen molar-refractivity contribution in [3.8, 4) is 16.9 Å². The number of carbonyl (C=O) groups excluding carboxylic acids is 1. The summed E-state index contributed by atoms with van der Waals surface area (Å²) in [6.45, 7) is -0.115. The first-order valence-corrected chi connectivity index (χ1v) is 9.06. The lowest BCUT2D eigenvalue weighted by Gasteiger charge is -2.07. The zero-order valence-corrected chi connectivity index (χ0v) is 15.4. The molecule has 0 saturated carbocycles. The summed E-state index contributed by atoms with van der Waals surface area (Å²) in [4.78, 5) is 13.0. The molecule has 1 heterocycles. The van der Waals surface area contributed by atoms with Crippen molar-refractivity contribution in [3.05, 3.63) is 102 Å². The molecule has 0 saturated heterocycles. The van der Waals surface area contributed by atoms with Crippen molar-refractivity contribution in [2.75, 3.05) is 5.32 Å². The summed E-state index contributed by atoms with van der Waals surface area (Å²) in [5.41, 5.74) is 3.51. The molecular weight excluding hydrogens is 369 g/mol. The zero-order valence-electron chi connectivity index (χ0n) is 15.4. The quantitative estimate of drug-likeness (QED) is 0.533. The van der Waals surface area contributed by atoms with Gasteiger partial charge in [-0.25, -0.2) is 9.07 Å². The van der Waals surface area contributed by atoms with Gasteiger partial charge in [-0.2, -0.15) is 5.10 Å². The maximum atomic E-state index is 13.4. The predicted octanol–water partition coefficient (Wildman–Crippen LogP) is 4.42. The molecular formula is C23H18FN3O2. The smallest absolute Gasteiger partial charge is 0.259 e. The second kappa shape index (κ2) is 8.08. The molecule has 0 radical (unpaired) electrons. The molecule has 0 aliphatic rings. The van der Waals surface area contributed by atoms with Gasteiger partial charge in [-0.15, -0.1) is 0 Å². The standard InChI is InChI=1S/C23H18FN3O2/c24-18-11-9-17(10-12-18)22-21(14-27(26-22)20-7-2-1-3-8-20)23(29)25-19-6-4-5-16(13-19)15-28/h1-14,28H,15H2,(H,25,29). The van der Waals surface area contributed by atoms with Gasteiger partial charge in [0, 0.05) is 17.4 Å². The SMILES string of the molecule is O=C(Nc1cccc(CO)c1)c1cn(-c2ccccc2)nc1-c1ccc(F)cc1. The number of carbonyl (C=O) groups is 1. The maximum absolute atomic E-state index is 13.4. The lowest BCUT2D eigenvalue weighted by molar-refractivity contribution is 0.102. The molecule has 4 aromatic rings. The number of amides is 1. The van der Waals surface area contributed by atoms with E-state index in [9.17, 15) is 14.3 Å². The van der Waals surface area contributed by atoms with E-state index in [2.05, 4.69) is 10.4 Å². The minimum Gasteiger partial charge on any atom is -0.392 e. The Hall–Kier alpha value is -3.77. The van der Waals surface area contributed by atoms with Gasteiger partial charge in [-0.1, -0.05) is 30.3 Å². The lowest BCUT2D eigenvalue weighted by atomic mass is 10.1. The highest BCUT2D eigenvalue weighted by molar-refractivity contribution is 6.08. The number of aromatic nitrogens is 2. The first kappa shape index (κ1) is 18.6. The Morgan fingerprint density at radius 1 is 1.00 bits per heavy atom. The highest BCUT2D eigenvalue weighted by atomic mass is 19.1. The van der Waals surface area contributed by atoms with Crippen LogP contribution in [-0.2, 0) is 6.61 Å². The van der Waals surface area contributed by atoms with Crippen LogP contribution in [0.2, 0.25) is 0 Å². The van der Waals surface area contributed by atoms with Crippen LogP contribution in [0.15, 0.2) is 85.1 Å². The number of anilines is 1. The Morgan fingerprint density at radius 3 is 2.48 bits per heavy atom. The Balaban J connectivity index is 1.74. The zero-order chi connectivity index (χ0) is 20.2. The molecule has 0 spiro atoms. The summed E-state index contributed by atoms with van der Waals surface area (Å²) in [7, 11) is 0. The summed E-state index contributed by atoms with van der Waals surface area (Å²) >= 11 is 0. The van der Waals surface area contributed by atoms with Gasteiger partial charge in [0.15, 0.2) is 0 Å². The van der Waals surface area contributed by atoms with Crippen molar-refractivity contribution in [1.29, 1.82) is 0 Å². The summed E-state index contributed by atoms with van der Waals surface area (Å²) in [6, 6.07) is 22.3. The number of nitrogens with zero attached hydrogens (tertiary/aromatic N) is 2. The van der Waals surface area contributed by atoms with Crippen LogP contribution < -0.4 is 5.32 Å². The number of hydrogen-bond acceptors (Lipinski definition) is 3. The second-order valence-corrected chi connectivity index (χ2v) is 6.49. The summed E-state index contributed by atoms with van der Waals surface area (Å²) in [6.07, 6.45) is 1.65. The number of hydrogen-bond donors (Lipinski definition) is 2. The van der Waals surface area contributed by atoms with E-state index in [4.69, 9.17) is 0 Å². The highest BCUT2D eigenvalue weighted by Gasteiger charge is 2.19. The molecule has 3 aromatic carbocycles. The fourth-order valence-corrected chi connectivity index (χ4v) is 3.02. The van der Waals surface area contributed by atoms with Crippen LogP contribution in [0.25, 0.3) is 16.9 Å². The predicted molar refractivity (Wildman–Crippen MR) is 109 cm³/mol. The molecule has 4 rings (SSSR count). The fraction of sp³-hybridized carbons (Fsp3) is 0.0435. The molecule has 29 heavy (non-hydrogen) atoms. The first-order chi connectivity index (χ1) is 14.1. The Labute approximate surface area is 167 Å². The highest BCUT2D eigenvalue weighted by Crippen LogP contribution is 2.25. The average molecular weight is 387 g/mol. The Bertz CT molecular complexity index is 1140. The van der Waals surface area contributed by atoms with Crippen LogP contribution in [0.4, 0.5) is 10.1 Å². The van der Waals surface area contributed by atoms with Crippen molar-refractivity contribution in [1.82, 2.24) is 9.78 Å². The third kappa shape index (κ3) is 4.07. The molecule has 1 amide bonds. The van der Waals surface area contributed by atoms with E-state index >= 15 is 0 Å². The fourth-order valence-electron chi connectivity index (χ4n) is 3.02. The molecule has 0 atom stereocenters. The van der Waals surface area contributed by atoms with Gasteiger partial charge < -0.3 is 10.4 Å². The Kier molecular flexibility index (Phi) is 5.18. The largest absolute Gasteiger partial charge is 0.392 e. The molecule has 0 aliphatic carbocycles. The van der Waals surface area contributed by atoms with E-state index in [1.165, 1.54) is 12.1 Å². The van der Waals surface area contributed by atoms with Gasteiger partial charge in [0.05, 0.1) is 17.9 Å². The van der Waals surface area contributed by atoms with E-state index in [1.54, 1.807) is 47.3 Å². The molecule has 0 unspecified atom stereocenters. The van der Waals surface area contributed by atoms with Crippen LogP contribution in [-0.4, -0.2) is 20.8 Å². The van der Waals surface area contributed by atoms with Crippen molar-refractivity contribution in [2.24, 2.45) is 0 Å². The second-order valence-electron chi connectivity index (χ2n) is 6.49. The number of rotatable bonds is 5. The number of benzene rings is 3. The third-order valence-electron chi connectivity index (χ3n) is 4.46. The van der Waals surface area contributed by atoms with Crippen molar-refractivity contribution >= 4 is 11.6 Å². The summed E-state index contributed by atoms with van der Waals surface area (Å²) < 4.78 is 15.0. The van der Waals surface area contributed by atoms with Crippen molar-refractivity contribution in [3.63, 3.8) is 0 Å². The van der Waals surface area contributed by atoms with E-state index < -0.39 is 0 Å². The van der Waals surface area contributed by atoms with E-state index in [-0.39, 0.29) is 18.3 Å². The number of aliphatic hydroxyl groups excluding tert-OH is 1. The number of nitrogens with one attached hydrogen (secondary N) is 1. The van der Waals surface area contributed by atoms with Gasteiger partial charge in [0.25, 0.3) is 5.91 Å². The van der Waals surface area contributed by atoms with Gasteiger partial charge in [-0.3, -0.25) is 4.79 Å². The lowest BCUT2D eigenvalue weighted by Crippen LogP contribution is -2.12. The molecule has 2 N–H and O–H groups in total. The maximum Gasteiger partial charge on any atom is 0.259 e. The topological polar surface area (TPSA) is 67.2 Å². The van der Waals surface area contributed by atoms with Crippen LogP contribution in [0, 0.1) is 5.82 Å². The van der Waals surface area contributed by atoms with Crippen LogP contribution in [0.3, 0.4) is 0 Å². The van der Waals surface area contributed by atoms with E-state index in [0.29, 0.717) is 28.1 Å². The third-order valence-corrected chi connectivity index (χ3v) is 4.46. The van der Waals surface area contributed by atoms with Gasteiger partial charge in [-0.05, 0) is 54.1 Å². The van der Waals surface area contributed by atoms with Crippen LogP contribution in [0.5, 0.6) is 0 Å². The van der Waals surface area contributed by atoms with Crippen molar-refractivity contribution in [2.45, 2.75) is 6.61 Å². The molecule has 0 bridgehead atoms. The summed E-state index contributed by atoms with van der Waals surface area (Å²) in [5, 5.41) is 16.7. The van der Waals surface area contributed by atoms with E-state index in [1.807, 2.05) is 30.3 Å². The van der Waals surface area contributed by atoms with Crippen LogP contribution >= 0.6 is 0 Å². The van der Waals surface area contributed by atoms with Gasteiger partial charge in [0.1, 0.15) is 11.5 Å². The minimum absolute atomic E-state index is 0.115. The molecule has 0 fully saturated rings. The first-order valence-electron chi connectivity index (χ1n) is 9.06.